The zero-order chi connectivity index (χ0) is 16.7. The Morgan fingerprint density at radius 3 is 2.46 bits per heavy atom. The molecule has 1 heterocycles. The summed E-state index contributed by atoms with van der Waals surface area (Å²) in [5.74, 6) is -0.562. The number of halogens is 1. The van der Waals surface area contributed by atoms with E-state index in [1.54, 1.807) is 11.3 Å². The van der Waals surface area contributed by atoms with Gasteiger partial charge in [0, 0.05) is 4.88 Å². The Hall–Kier alpha value is -1.89. The Kier molecular flexibility index (Phi) is 8.46. The smallest absolute Gasteiger partial charge is 0.239 e. The van der Waals surface area contributed by atoms with Crippen LogP contribution in [-0.4, -0.2) is 24.9 Å². The Morgan fingerprint density at radius 2 is 1.88 bits per heavy atom. The molecular formula is C17H22ClN3O2S. The summed E-state index contributed by atoms with van der Waals surface area (Å²) < 4.78 is 0. The molecule has 0 aliphatic rings. The van der Waals surface area contributed by atoms with Gasteiger partial charge in [0.2, 0.25) is 11.8 Å². The molecule has 1 aromatic heterocycles. The number of carbonyl (C=O) groups is 2. The van der Waals surface area contributed by atoms with Crippen LogP contribution in [0.5, 0.6) is 0 Å². The molecule has 0 bridgehead atoms. The number of thiophene rings is 1. The molecule has 1 unspecified atom stereocenters. The van der Waals surface area contributed by atoms with Crippen LogP contribution in [0.1, 0.15) is 22.0 Å². The maximum absolute atomic E-state index is 12.1. The largest absolute Gasteiger partial charge is 0.347 e. The number of hydrogen-bond acceptors (Lipinski definition) is 4. The average Bonchev–Trinajstić information content (AvgIpc) is 2.99. The normalized spacial score (nSPS) is 11.2. The summed E-state index contributed by atoms with van der Waals surface area (Å²) in [6, 6.07) is 11.9. The first-order chi connectivity index (χ1) is 11.1. The summed E-state index contributed by atoms with van der Waals surface area (Å²) in [5, 5.41) is 7.51. The van der Waals surface area contributed by atoms with E-state index < -0.39 is 0 Å². The molecule has 0 saturated heterocycles. The summed E-state index contributed by atoms with van der Waals surface area (Å²) in [4.78, 5) is 24.4. The maximum Gasteiger partial charge on any atom is 0.239 e. The van der Waals surface area contributed by atoms with Crippen LogP contribution in [0, 0.1) is 6.92 Å². The van der Waals surface area contributed by atoms with Gasteiger partial charge in [-0.05, 0) is 35.9 Å². The number of nitrogens with two attached hydrogens (primary N) is 1. The topological polar surface area (TPSA) is 84.2 Å². The third kappa shape index (κ3) is 5.96. The van der Waals surface area contributed by atoms with Gasteiger partial charge in [0.15, 0.2) is 0 Å². The van der Waals surface area contributed by atoms with Gasteiger partial charge in [-0.15, -0.1) is 23.7 Å². The molecule has 130 valence electrons. The van der Waals surface area contributed by atoms with E-state index in [0.717, 1.165) is 16.0 Å². The van der Waals surface area contributed by atoms with E-state index >= 15 is 0 Å². The lowest BCUT2D eigenvalue weighted by Crippen LogP contribution is -2.41. The number of amides is 2. The van der Waals surface area contributed by atoms with Gasteiger partial charge in [0.05, 0.1) is 19.1 Å². The molecule has 0 aliphatic carbocycles. The maximum atomic E-state index is 12.1. The Balaban J connectivity index is 0.00000288. The fourth-order valence-electron chi connectivity index (χ4n) is 2.30. The van der Waals surface area contributed by atoms with Gasteiger partial charge in [-0.1, -0.05) is 30.3 Å². The van der Waals surface area contributed by atoms with E-state index in [4.69, 9.17) is 5.73 Å². The first-order valence-electron chi connectivity index (χ1n) is 7.44. The highest BCUT2D eigenvalue weighted by Gasteiger charge is 2.18. The molecule has 1 aromatic carbocycles. The van der Waals surface area contributed by atoms with Crippen molar-refractivity contribution in [1.29, 1.82) is 0 Å². The molecule has 0 spiro atoms. The first-order valence-corrected chi connectivity index (χ1v) is 8.32. The quantitative estimate of drug-likeness (QED) is 0.699. The summed E-state index contributed by atoms with van der Waals surface area (Å²) in [6.07, 6.45) is 0.707. The lowest BCUT2D eigenvalue weighted by atomic mass is 10.0. The van der Waals surface area contributed by atoms with Crippen LogP contribution in [0.25, 0.3) is 0 Å². The molecule has 1 atom stereocenters. The number of benzene rings is 1. The fourth-order valence-corrected chi connectivity index (χ4v) is 3.28. The van der Waals surface area contributed by atoms with Gasteiger partial charge >= 0.3 is 0 Å². The number of nitrogens with one attached hydrogen (secondary N) is 2. The third-order valence-corrected chi connectivity index (χ3v) is 4.60. The number of carbonyl (C=O) groups excluding carboxylic acids is 2. The van der Waals surface area contributed by atoms with Gasteiger partial charge in [0.1, 0.15) is 0 Å². The Bertz CT molecular complexity index is 661. The standard InChI is InChI=1S/C17H21N3O2S.ClH/c1-12-7-8-23-17(12)14(9-13-5-3-2-4-6-13)20-16(22)11-19-15(21)10-18;/h2-8,14H,9-11,18H2,1H3,(H,19,21)(H,20,22);1H. The molecule has 0 aliphatic heterocycles. The minimum atomic E-state index is -0.341. The molecule has 0 saturated carbocycles. The number of rotatable bonds is 7. The van der Waals surface area contributed by atoms with Crippen LogP contribution >= 0.6 is 23.7 Å². The van der Waals surface area contributed by atoms with E-state index in [-0.39, 0.29) is 43.4 Å². The van der Waals surface area contributed by atoms with Crippen molar-refractivity contribution in [2.45, 2.75) is 19.4 Å². The predicted octanol–water partition coefficient (Wildman–Crippen LogP) is 1.95. The van der Waals surface area contributed by atoms with Crippen LogP contribution in [-0.2, 0) is 16.0 Å². The highest BCUT2D eigenvalue weighted by atomic mass is 35.5. The number of aryl methyl sites for hydroxylation is 1. The van der Waals surface area contributed by atoms with Crippen LogP contribution in [0.3, 0.4) is 0 Å². The summed E-state index contributed by atoms with van der Waals surface area (Å²) in [6.45, 7) is 1.85. The van der Waals surface area contributed by atoms with Gasteiger partial charge in [-0.2, -0.15) is 0 Å². The van der Waals surface area contributed by atoms with E-state index in [1.165, 1.54) is 0 Å². The summed E-state index contributed by atoms with van der Waals surface area (Å²) >= 11 is 1.63. The molecule has 7 heteroatoms. The van der Waals surface area contributed by atoms with Crippen molar-refractivity contribution < 1.29 is 9.59 Å². The van der Waals surface area contributed by atoms with E-state index in [1.807, 2.05) is 48.7 Å². The highest BCUT2D eigenvalue weighted by molar-refractivity contribution is 7.10. The zero-order valence-corrected chi connectivity index (χ0v) is 15.1. The van der Waals surface area contributed by atoms with Crippen molar-refractivity contribution in [3.05, 3.63) is 57.8 Å². The van der Waals surface area contributed by atoms with Crippen molar-refractivity contribution in [2.24, 2.45) is 5.73 Å². The average molecular weight is 368 g/mol. The Morgan fingerprint density at radius 1 is 1.17 bits per heavy atom. The minimum Gasteiger partial charge on any atom is -0.347 e. The van der Waals surface area contributed by atoms with E-state index in [2.05, 4.69) is 10.6 Å². The summed E-state index contributed by atoms with van der Waals surface area (Å²) in [5.41, 5.74) is 7.52. The van der Waals surface area contributed by atoms with Gasteiger partial charge in [0.25, 0.3) is 0 Å². The minimum absolute atomic E-state index is 0. The van der Waals surface area contributed by atoms with E-state index in [0.29, 0.717) is 6.42 Å². The van der Waals surface area contributed by atoms with Crippen molar-refractivity contribution in [2.75, 3.05) is 13.1 Å². The zero-order valence-electron chi connectivity index (χ0n) is 13.5. The SMILES string of the molecule is Cc1ccsc1C(Cc1ccccc1)NC(=O)CNC(=O)CN.Cl. The van der Waals surface area contributed by atoms with Crippen LogP contribution in [0.15, 0.2) is 41.8 Å². The second-order valence-electron chi connectivity index (χ2n) is 5.26. The lowest BCUT2D eigenvalue weighted by Gasteiger charge is -2.19. The second-order valence-corrected chi connectivity index (χ2v) is 6.21. The molecule has 5 nitrogen and oxygen atoms in total. The molecule has 4 N–H and O–H groups in total. The highest BCUT2D eigenvalue weighted by Crippen LogP contribution is 2.26. The van der Waals surface area contributed by atoms with Gasteiger partial charge in [-0.3, -0.25) is 9.59 Å². The molecule has 2 aromatic rings. The van der Waals surface area contributed by atoms with Crippen molar-refractivity contribution in [3.8, 4) is 0 Å². The Labute approximate surface area is 152 Å². The number of hydrogen-bond donors (Lipinski definition) is 3. The van der Waals surface area contributed by atoms with Gasteiger partial charge in [-0.25, -0.2) is 0 Å². The molecule has 24 heavy (non-hydrogen) atoms. The lowest BCUT2D eigenvalue weighted by molar-refractivity contribution is -0.125. The molecule has 2 rings (SSSR count). The van der Waals surface area contributed by atoms with Crippen LogP contribution in [0.4, 0.5) is 0 Å². The summed E-state index contributed by atoms with van der Waals surface area (Å²) in [7, 11) is 0. The first kappa shape index (κ1) is 20.2. The third-order valence-electron chi connectivity index (χ3n) is 3.47. The predicted molar refractivity (Wildman–Crippen MR) is 99.4 cm³/mol. The monoisotopic (exact) mass is 367 g/mol. The van der Waals surface area contributed by atoms with E-state index in [9.17, 15) is 9.59 Å². The molecule has 0 fully saturated rings. The van der Waals surface area contributed by atoms with Crippen LogP contribution in [0.2, 0.25) is 0 Å². The van der Waals surface area contributed by atoms with Crippen LogP contribution < -0.4 is 16.4 Å². The fraction of sp³-hybridized carbons (Fsp3) is 0.294. The van der Waals surface area contributed by atoms with Crippen molar-refractivity contribution in [3.63, 3.8) is 0 Å². The molecule has 2 amide bonds. The second kappa shape index (κ2) is 10.1. The van der Waals surface area contributed by atoms with Crippen molar-refractivity contribution in [1.82, 2.24) is 10.6 Å². The molecular weight excluding hydrogens is 346 g/mol. The molecule has 0 radical (unpaired) electrons. The van der Waals surface area contributed by atoms with Gasteiger partial charge < -0.3 is 16.4 Å². The van der Waals surface area contributed by atoms with Crippen molar-refractivity contribution >= 4 is 35.6 Å².